The van der Waals surface area contributed by atoms with Gasteiger partial charge in [-0.1, -0.05) is 12.1 Å². The summed E-state index contributed by atoms with van der Waals surface area (Å²) in [5, 5.41) is 14.8. The average Bonchev–Trinajstić information content (AvgIpc) is 3.21. The summed E-state index contributed by atoms with van der Waals surface area (Å²) in [6.07, 6.45) is -12.6. The smallest absolute Gasteiger partial charge is 0.435 e. The van der Waals surface area contributed by atoms with Crippen LogP contribution in [0.2, 0.25) is 0 Å². The maximum Gasteiger partial charge on any atom is 0.435 e. The zero-order chi connectivity index (χ0) is 27.9. The Morgan fingerprint density at radius 1 is 0.838 bits per heavy atom. The van der Waals surface area contributed by atoms with Gasteiger partial charge < -0.3 is 20.2 Å². The number of amides is 2. The fourth-order valence-corrected chi connectivity index (χ4v) is 3.76. The van der Waals surface area contributed by atoms with E-state index in [1.54, 1.807) is 0 Å². The van der Waals surface area contributed by atoms with Crippen LogP contribution in [0.3, 0.4) is 0 Å². The Labute approximate surface area is 212 Å². The quantitative estimate of drug-likeness (QED) is 0.215. The van der Waals surface area contributed by atoms with Crippen LogP contribution in [0.5, 0.6) is 5.75 Å². The number of benzene rings is 2. The second-order valence-electron chi connectivity index (χ2n) is 7.88. The summed E-state index contributed by atoms with van der Waals surface area (Å²) in [7, 11) is 0. The van der Waals surface area contributed by atoms with E-state index in [0.717, 1.165) is 26.0 Å². The molecule has 2 aromatic carbocycles. The van der Waals surface area contributed by atoms with Gasteiger partial charge in [-0.25, -0.2) is 4.39 Å². The van der Waals surface area contributed by atoms with E-state index in [4.69, 9.17) is 4.42 Å². The van der Waals surface area contributed by atoms with Gasteiger partial charge in [-0.05, 0) is 71.2 Å². The highest BCUT2D eigenvalue weighted by atomic mass is 79.9. The third-order valence-corrected chi connectivity index (χ3v) is 5.67. The number of carbonyl (C=O) groups excluding carboxylic acids is 2. The molecule has 14 heteroatoms. The molecule has 0 aliphatic rings. The van der Waals surface area contributed by atoms with Crippen molar-refractivity contribution in [1.82, 2.24) is 0 Å². The van der Waals surface area contributed by atoms with Crippen LogP contribution in [-0.2, 0) is 5.67 Å². The molecule has 6 nitrogen and oxygen atoms in total. The average molecular weight is 597 g/mol. The molecule has 0 aliphatic carbocycles. The number of phenols is 1. The van der Waals surface area contributed by atoms with Gasteiger partial charge in [0.2, 0.25) is 0 Å². The van der Waals surface area contributed by atoms with E-state index in [9.17, 15) is 45.4 Å². The van der Waals surface area contributed by atoms with Gasteiger partial charge in [-0.15, -0.1) is 0 Å². The van der Waals surface area contributed by atoms with Crippen LogP contribution >= 0.6 is 15.9 Å². The van der Waals surface area contributed by atoms with Crippen LogP contribution in [0.4, 0.5) is 42.1 Å². The number of halogens is 8. The second kappa shape index (κ2) is 9.72. The van der Waals surface area contributed by atoms with Gasteiger partial charge >= 0.3 is 18.0 Å². The van der Waals surface area contributed by atoms with Gasteiger partial charge in [0.25, 0.3) is 11.8 Å². The first kappa shape index (κ1) is 28.0. The molecular weight excluding hydrogens is 581 g/mol. The minimum absolute atomic E-state index is 0.0573. The highest BCUT2D eigenvalue weighted by Crippen LogP contribution is 2.53. The van der Waals surface area contributed by atoms with E-state index in [1.165, 1.54) is 18.2 Å². The number of anilines is 2. The maximum atomic E-state index is 14.5. The summed E-state index contributed by atoms with van der Waals surface area (Å²) < 4.78 is 98.7. The van der Waals surface area contributed by atoms with Crippen LogP contribution in [0, 0.1) is 13.8 Å². The van der Waals surface area contributed by atoms with Gasteiger partial charge in [-0.3, -0.25) is 9.59 Å². The zero-order valence-electron chi connectivity index (χ0n) is 18.7. The number of alkyl halides is 7. The summed E-state index contributed by atoms with van der Waals surface area (Å²) in [5.41, 5.74) is -8.45. The molecule has 0 spiro atoms. The summed E-state index contributed by atoms with van der Waals surface area (Å²) >= 11 is 3.04. The topological polar surface area (TPSA) is 91.6 Å². The number of hydrogen-bond acceptors (Lipinski definition) is 4. The molecule has 1 aromatic heterocycles. The van der Waals surface area contributed by atoms with Gasteiger partial charge in [0.15, 0.2) is 10.4 Å². The van der Waals surface area contributed by atoms with E-state index < -0.39 is 41.1 Å². The van der Waals surface area contributed by atoms with Crippen molar-refractivity contribution in [3.63, 3.8) is 0 Å². The van der Waals surface area contributed by atoms with Crippen molar-refractivity contribution in [3.05, 3.63) is 75.1 Å². The molecule has 0 atom stereocenters. The summed E-state index contributed by atoms with van der Waals surface area (Å²) in [4.78, 5) is 25.1. The fourth-order valence-electron chi connectivity index (χ4n) is 3.45. The molecule has 2 amide bonds. The van der Waals surface area contributed by atoms with Crippen LogP contribution in [0.15, 0.2) is 51.6 Å². The molecule has 0 saturated carbocycles. The number of rotatable bonds is 5. The molecule has 3 N–H and O–H groups in total. The van der Waals surface area contributed by atoms with Crippen LogP contribution in [-0.4, -0.2) is 29.3 Å². The largest absolute Gasteiger partial charge is 0.507 e. The third-order valence-electron chi connectivity index (χ3n) is 5.25. The summed E-state index contributed by atoms with van der Waals surface area (Å²) in [6, 6.07) is 6.93. The molecule has 0 saturated heterocycles. The van der Waals surface area contributed by atoms with Gasteiger partial charge in [0, 0.05) is 16.9 Å². The molecule has 37 heavy (non-hydrogen) atoms. The number of phenolic OH excluding ortho intramolecular Hbond substituents is 1. The molecule has 0 unspecified atom stereocenters. The molecule has 0 aliphatic heterocycles. The molecular formula is C23H16BrF7N2O4. The lowest BCUT2D eigenvalue weighted by molar-refractivity contribution is -0.348. The lowest BCUT2D eigenvalue weighted by Crippen LogP contribution is -2.50. The first-order chi connectivity index (χ1) is 17.0. The fraction of sp³-hybridized carbons (Fsp3) is 0.217. The number of hydrogen-bond donors (Lipinski definition) is 3. The Morgan fingerprint density at radius 3 is 1.89 bits per heavy atom. The molecule has 3 aromatic rings. The lowest BCUT2D eigenvalue weighted by Gasteiger charge is -2.31. The number of aromatic hydroxyl groups is 1. The van der Waals surface area contributed by atoms with Crippen molar-refractivity contribution < 1.29 is 49.8 Å². The molecule has 0 radical (unpaired) electrons. The predicted octanol–water partition coefficient (Wildman–Crippen LogP) is 7.16. The number of nitrogens with one attached hydrogen (secondary N) is 2. The van der Waals surface area contributed by atoms with Crippen LogP contribution < -0.4 is 10.6 Å². The normalized spacial score (nSPS) is 12.4. The Hall–Kier alpha value is -3.55. The van der Waals surface area contributed by atoms with Crippen molar-refractivity contribution in [2.24, 2.45) is 0 Å². The molecule has 1 heterocycles. The van der Waals surface area contributed by atoms with Crippen molar-refractivity contribution in [3.8, 4) is 5.75 Å². The third kappa shape index (κ3) is 5.43. The van der Waals surface area contributed by atoms with Gasteiger partial charge in [-0.2, -0.15) is 26.3 Å². The standard InChI is InChI=1S/C23H16BrF7N2O4/c1-10-7-12(21(25,22(26,27)28)23(29,30)31)8-11(2)18(10)33-19(35)14-9-13(3-4-15(14)34)32-20(36)16-5-6-17(24)37-16/h3-9,34H,1-2H3,(H,32,36)(H,33,35). The number of furan rings is 1. The summed E-state index contributed by atoms with van der Waals surface area (Å²) in [6.45, 7) is 2.16. The Kier molecular flexibility index (Phi) is 7.37. The molecule has 0 fully saturated rings. The van der Waals surface area contributed by atoms with Crippen molar-refractivity contribution in [2.45, 2.75) is 31.9 Å². The van der Waals surface area contributed by atoms with E-state index in [0.29, 0.717) is 12.1 Å². The van der Waals surface area contributed by atoms with E-state index in [-0.39, 0.29) is 38.5 Å². The minimum Gasteiger partial charge on any atom is -0.507 e. The molecule has 198 valence electrons. The van der Waals surface area contributed by atoms with Crippen LogP contribution in [0.1, 0.15) is 37.6 Å². The number of carbonyl (C=O) groups is 2. The maximum absolute atomic E-state index is 14.5. The molecule has 3 rings (SSSR count). The molecule has 0 bridgehead atoms. The number of aryl methyl sites for hydroxylation is 2. The highest BCUT2D eigenvalue weighted by Gasteiger charge is 2.73. The Morgan fingerprint density at radius 2 is 1.41 bits per heavy atom. The first-order valence-electron chi connectivity index (χ1n) is 10.1. The van der Waals surface area contributed by atoms with E-state index in [1.807, 2.05) is 0 Å². The Balaban J connectivity index is 1.91. The monoisotopic (exact) mass is 596 g/mol. The zero-order valence-corrected chi connectivity index (χ0v) is 20.3. The van der Waals surface area contributed by atoms with Gasteiger partial charge in [0.05, 0.1) is 5.56 Å². The highest BCUT2D eigenvalue weighted by molar-refractivity contribution is 9.10. The second-order valence-corrected chi connectivity index (χ2v) is 8.66. The van der Waals surface area contributed by atoms with Crippen molar-refractivity contribution >= 4 is 39.1 Å². The summed E-state index contributed by atoms with van der Waals surface area (Å²) in [5.74, 6) is -2.31. The van der Waals surface area contributed by atoms with Crippen LogP contribution in [0.25, 0.3) is 0 Å². The minimum atomic E-state index is -6.29. The van der Waals surface area contributed by atoms with E-state index in [2.05, 4.69) is 26.6 Å². The first-order valence-corrected chi connectivity index (χ1v) is 10.9. The van der Waals surface area contributed by atoms with Gasteiger partial charge in [0.1, 0.15) is 5.75 Å². The predicted molar refractivity (Wildman–Crippen MR) is 121 cm³/mol. The Bertz CT molecular complexity index is 1330. The van der Waals surface area contributed by atoms with Crippen molar-refractivity contribution in [2.75, 3.05) is 10.6 Å². The lowest BCUT2D eigenvalue weighted by atomic mass is 9.90. The van der Waals surface area contributed by atoms with E-state index >= 15 is 0 Å². The SMILES string of the molecule is Cc1cc(C(F)(C(F)(F)F)C(F)(F)F)cc(C)c1NC(=O)c1cc(NC(=O)c2ccc(Br)o2)ccc1O. The van der Waals surface area contributed by atoms with Crippen molar-refractivity contribution in [1.29, 1.82) is 0 Å².